The largest absolute Gasteiger partial charge is 0.464 e. The molecule has 86 valence electrons. The molecule has 2 aromatic rings. The number of esters is 1. The van der Waals surface area contributed by atoms with E-state index in [2.05, 4.69) is 9.84 Å². The second-order valence-electron chi connectivity index (χ2n) is 3.40. The number of aromatic nitrogens is 2. The van der Waals surface area contributed by atoms with Crippen molar-refractivity contribution >= 4 is 18.2 Å². The quantitative estimate of drug-likeness (QED) is 0.757. The molecule has 0 aliphatic heterocycles. The van der Waals surface area contributed by atoms with Crippen molar-refractivity contribution in [3.8, 4) is 0 Å². The minimum absolute atomic E-state index is 0.296. The number of hydrogen-bond acceptors (Lipinski definition) is 3. The SMILES string of the molecule is COC(=O)c1ccn(C=Cc2ccccc2)n1. The van der Waals surface area contributed by atoms with Crippen molar-refractivity contribution in [3.63, 3.8) is 0 Å². The molecule has 1 heterocycles. The summed E-state index contributed by atoms with van der Waals surface area (Å²) in [5.41, 5.74) is 1.37. The van der Waals surface area contributed by atoms with Crippen molar-refractivity contribution in [2.24, 2.45) is 0 Å². The average Bonchev–Trinajstić information content (AvgIpc) is 2.85. The highest BCUT2D eigenvalue weighted by Crippen LogP contribution is 2.03. The van der Waals surface area contributed by atoms with Crippen molar-refractivity contribution in [2.75, 3.05) is 7.11 Å². The number of methoxy groups -OCH3 is 1. The summed E-state index contributed by atoms with van der Waals surface area (Å²) in [6.45, 7) is 0. The van der Waals surface area contributed by atoms with E-state index in [1.165, 1.54) is 7.11 Å². The molecule has 0 radical (unpaired) electrons. The molecular weight excluding hydrogens is 216 g/mol. The number of carbonyl (C=O) groups excluding carboxylic acids is 1. The summed E-state index contributed by atoms with van der Waals surface area (Å²) >= 11 is 0. The molecule has 0 bridgehead atoms. The molecule has 4 nitrogen and oxygen atoms in total. The number of hydrogen-bond donors (Lipinski definition) is 0. The van der Waals surface area contributed by atoms with E-state index in [9.17, 15) is 4.79 Å². The van der Waals surface area contributed by atoms with Crippen LogP contribution in [0.3, 0.4) is 0 Å². The first-order valence-electron chi connectivity index (χ1n) is 5.16. The van der Waals surface area contributed by atoms with Crippen LogP contribution in [0.5, 0.6) is 0 Å². The molecule has 1 aromatic carbocycles. The fourth-order valence-electron chi connectivity index (χ4n) is 1.36. The molecule has 0 saturated heterocycles. The average molecular weight is 228 g/mol. The Morgan fingerprint density at radius 3 is 2.76 bits per heavy atom. The molecule has 0 aliphatic rings. The summed E-state index contributed by atoms with van der Waals surface area (Å²) in [5.74, 6) is -0.433. The second kappa shape index (κ2) is 5.12. The molecule has 0 atom stereocenters. The standard InChI is InChI=1S/C13H12N2O2/c1-17-13(16)12-8-10-15(14-12)9-7-11-5-3-2-4-6-11/h2-10H,1H3. The Kier molecular flexibility index (Phi) is 3.35. The lowest BCUT2D eigenvalue weighted by Gasteiger charge is -1.93. The van der Waals surface area contributed by atoms with E-state index in [1.807, 2.05) is 36.4 Å². The van der Waals surface area contributed by atoms with Gasteiger partial charge in [-0.15, -0.1) is 0 Å². The van der Waals surface area contributed by atoms with E-state index < -0.39 is 5.97 Å². The van der Waals surface area contributed by atoms with Crippen LogP contribution in [0.1, 0.15) is 16.1 Å². The highest BCUT2D eigenvalue weighted by Gasteiger charge is 2.07. The van der Waals surface area contributed by atoms with Gasteiger partial charge in [-0.2, -0.15) is 5.10 Å². The van der Waals surface area contributed by atoms with Gasteiger partial charge < -0.3 is 4.74 Å². The van der Waals surface area contributed by atoms with E-state index in [0.29, 0.717) is 5.69 Å². The van der Waals surface area contributed by atoms with Gasteiger partial charge in [0.15, 0.2) is 5.69 Å². The van der Waals surface area contributed by atoms with E-state index >= 15 is 0 Å². The Labute approximate surface area is 99.1 Å². The van der Waals surface area contributed by atoms with Gasteiger partial charge in [-0.25, -0.2) is 9.48 Å². The van der Waals surface area contributed by atoms with Gasteiger partial charge in [-0.3, -0.25) is 0 Å². The highest BCUT2D eigenvalue weighted by atomic mass is 16.5. The molecule has 2 rings (SSSR count). The molecule has 0 unspecified atom stereocenters. The van der Waals surface area contributed by atoms with Gasteiger partial charge in [0.05, 0.1) is 7.11 Å². The maximum atomic E-state index is 11.2. The fraction of sp³-hybridized carbons (Fsp3) is 0.0769. The van der Waals surface area contributed by atoms with Gasteiger partial charge in [0.25, 0.3) is 0 Å². The van der Waals surface area contributed by atoms with Crippen molar-refractivity contribution in [2.45, 2.75) is 0 Å². The third-order valence-corrected chi connectivity index (χ3v) is 2.22. The first kappa shape index (κ1) is 11.1. The Morgan fingerprint density at radius 1 is 1.29 bits per heavy atom. The zero-order valence-corrected chi connectivity index (χ0v) is 9.41. The fourth-order valence-corrected chi connectivity index (χ4v) is 1.36. The minimum atomic E-state index is -0.433. The summed E-state index contributed by atoms with van der Waals surface area (Å²) in [6, 6.07) is 11.5. The lowest BCUT2D eigenvalue weighted by Crippen LogP contribution is -2.02. The van der Waals surface area contributed by atoms with Crippen LogP contribution in [0.4, 0.5) is 0 Å². The molecule has 4 heteroatoms. The first-order chi connectivity index (χ1) is 8.29. The molecule has 1 aromatic heterocycles. The minimum Gasteiger partial charge on any atom is -0.464 e. The lowest BCUT2D eigenvalue weighted by molar-refractivity contribution is 0.0593. The predicted molar refractivity (Wildman–Crippen MR) is 65.2 cm³/mol. The highest BCUT2D eigenvalue weighted by molar-refractivity contribution is 5.87. The summed E-state index contributed by atoms with van der Waals surface area (Å²) in [5, 5.41) is 4.05. The summed E-state index contributed by atoms with van der Waals surface area (Å²) in [4.78, 5) is 11.2. The number of benzene rings is 1. The van der Waals surface area contributed by atoms with E-state index in [4.69, 9.17) is 0 Å². The van der Waals surface area contributed by atoms with Crippen LogP contribution in [0.25, 0.3) is 12.3 Å². The lowest BCUT2D eigenvalue weighted by atomic mass is 10.2. The van der Waals surface area contributed by atoms with E-state index in [0.717, 1.165) is 5.56 Å². The van der Waals surface area contributed by atoms with Crippen molar-refractivity contribution in [1.29, 1.82) is 0 Å². The van der Waals surface area contributed by atoms with Gasteiger partial charge in [0.1, 0.15) is 0 Å². The normalized spacial score (nSPS) is 10.6. The Bertz CT molecular complexity index is 529. The summed E-state index contributed by atoms with van der Waals surface area (Å²) in [7, 11) is 1.33. The van der Waals surface area contributed by atoms with Gasteiger partial charge >= 0.3 is 5.97 Å². The molecule has 0 fully saturated rings. The zero-order chi connectivity index (χ0) is 12.1. The van der Waals surface area contributed by atoms with Gasteiger partial charge in [-0.05, 0) is 17.7 Å². The van der Waals surface area contributed by atoms with Gasteiger partial charge in [0, 0.05) is 12.4 Å². The van der Waals surface area contributed by atoms with Crippen molar-refractivity contribution in [3.05, 3.63) is 53.9 Å². The number of carbonyl (C=O) groups is 1. The van der Waals surface area contributed by atoms with Crippen LogP contribution in [0, 0.1) is 0 Å². The van der Waals surface area contributed by atoms with E-state index in [1.54, 1.807) is 23.1 Å². The Hall–Kier alpha value is -2.36. The molecule has 0 N–H and O–H groups in total. The number of rotatable bonds is 3. The molecular formula is C13H12N2O2. The van der Waals surface area contributed by atoms with Crippen LogP contribution in [-0.2, 0) is 4.74 Å². The predicted octanol–water partition coefficient (Wildman–Crippen LogP) is 2.30. The van der Waals surface area contributed by atoms with Crippen LogP contribution in [-0.4, -0.2) is 22.9 Å². The summed E-state index contributed by atoms with van der Waals surface area (Å²) < 4.78 is 6.14. The first-order valence-corrected chi connectivity index (χ1v) is 5.16. The van der Waals surface area contributed by atoms with Crippen LogP contribution in [0.2, 0.25) is 0 Å². The molecule has 0 aliphatic carbocycles. The summed E-state index contributed by atoms with van der Waals surface area (Å²) in [6.07, 6.45) is 5.39. The molecule has 17 heavy (non-hydrogen) atoms. The van der Waals surface area contributed by atoms with E-state index in [-0.39, 0.29) is 0 Å². The topological polar surface area (TPSA) is 44.1 Å². The molecule has 0 spiro atoms. The zero-order valence-electron chi connectivity index (χ0n) is 9.41. The third-order valence-electron chi connectivity index (χ3n) is 2.22. The van der Waals surface area contributed by atoms with Crippen LogP contribution in [0.15, 0.2) is 42.6 Å². The Balaban J connectivity index is 2.12. The number of nitrogens with zero attached hydrogens (tertiary/aromatic N) is 2. The maximum Gasteiger partial charge on any atom is 0.358 e. The second-order valence-corrected chi connectivity index (χ2v) is 3.40. The van der Waals surface area contributed by atoms with Crippen LogP contribution < -0.4 is 0 Å². The monoisotopic (exact) mass is 228 g/mol. The maximum absolute atomic E-state index is 11.2. The van der Waals surface area contributed by atoms with Crippen LogP contribution >= 0.6 is 0 Å². The Morgan fingerprint density at radius 2 is 2.06 bits per heavy atom. The number of ether oxygens (including phenoxy) is 1. The molecule has 0 amide bonds. The van der Waals surface area contributed by atoms with Crippen molar-refractivity contribution in [1.82, 2.24) is 9.78 Å². The van der Waals surface area contributed by atoms with Gasteiger partial charge in [-0.1, -0.05) is 30.3 Å². The smallest absolute Gasteiger partial charge is 0.358 e. The molecule has 0 saturated carbocycles. The van der Waals surface area contributed by atoms with Crippen molar-refractivity contribution < 1.29 is 9.53 Å². The third kappa shape index (κ3) is 2.81. The van der Waals surface area contributed by atoms with Gasteiger partial charge in [0.2, 0.25) is 0 Å².